The van der Waals surface area contributed by atoms with Crippen molar-refractivity contribution in [3.05, 3.63) is 35.9 Å². The van der Waals surface area contributed by atoms with E-state index in [-0.39, 0.29) is 12.5 Å². The van der Waals surface area contributed by atoms with Crippen LogP contribution in [0.4, 0.5) is 0 Å². The van der Waals surface area contributed by atoms with Crippen LogP contribution in [0.2, 0.25) is 0 Å². The molecule has 0 aliphatic carbocycles. The Morgan fingerprint density at radius 3 is 1.74 bits per heavy atom. The molecule has 0 saturated heterocycles. The number of likely N-dealkylation sites (N-methyl/N-ethyl adjacent to an activating group) is 1. The van der Waals surface area contributed by atoms with Gasteiger partial charge < -0.3 is 19.5 Å². The molecule has 0 saturated carbocycles. The van der Waals surface area contributed by atoms with Crippen molar-refractivity contribution >= 4 is 5.97 Å². The number of quaternary nitrogens is 1. The second-order valence-corrected chi connectivity index (χ2v) is 12.5. The highest BCUT2D eigenvalue weighted by Gasteiger charge is 2.20. The summed E-state index contributed by atoms with van der Waals surface area (Å²) in [4.78, 5) is 9.99. The number of hydrogen-bond donors (Lipinski definition) is 1. The van der Waals surface area contributed by atoms with Crippen molar-refractivity contribution in [2.75, 3.05) is 20.6 Å². The number of carbonyl (C=O) groups excluding carboxylic acids is 1. The minimum Gasteiger partial charge on any atom is -0.550 e. The lowest BCUT2D eigenvalue weighted by Crippen LogP contribution is -2.44. The summed E-state index contributed by atoms with van der Waals surface area (Å²) in [6, 6.07) is 10.6. The van der Waals surface area contributed by atoms with Crippen molar-refractivity contribution in [1.29, 1.82) is 0 Å². The number of nitrogens with zero attached hydrogens (tertiary/aromatic N) is 1. The van der Waals surface area contributed by atoms with E-state index in [2.05, 4.69) is 65.2 Å². The average Bonchev–Trinajstić information content (AvgIpc) is 2.84. The molecule has 0 spiro atoms. The van der Waals surface area contributed by atoms with Gasteiger partial charge in [-0.15, -0.1) is 0 Å². The zero-order valence-corrected chi connectivity index (χ0v) is 25.9. The van der Waals surface area contributed by atoms with E-state index in [1.807, 2.05) is 0 Å². The second-order valence-electron chi connectivity index (χ2n) is 12.5. The molecule has 0 fully saturated rings. The molecule has 222 valence electrons. The smallest absolute Gasteiger partial charge is 0.105 e. The van der Waals surface area contributed by atoms with E-state index >= 15 is 0 Å². The summed E-state index contributed by atoms with van der Waals surface area (Å²) < 4.78 is 0.851. The highest BCUT2D eigenvalue weighted by atomic mass is 16.4. The number of carboxylic acids is 1. The first kappa shape index (κ1) is 36.6. The fourth-order valence-corrected chi connectivity index (χ4v) is 5.02. The zero-order valence-electron chi connectivity index (χ0n) is 25.9. The molecule has 0 radical (unpaired) electrons. The minimum absolute atomic E-state index is 0.174. The summed E-state index contributed by atoms with van der Waals surface area (Å²) in [6.07, 6.45) is 21.6. The first-order valence-corrected chi connectivity index (χ1v) is 15.9. The van der Waals surface area contributed by atoms with Crippen LogP contribution in [0.15, 0.2) is 30.3 Å². The maximum atomic E-state index is 10.4. The molecule has 4 nitrogen and oxygen atoms in total. The molecule has 0 aliphatic rings. The first-order valence-electron chi connectivity index (χ1n) is 15.9. The number of unbranched alkanes of at least 4 members (excludes halogenated alkanes) is 13. The van der Waals surface area contributed by atoms with Crippen molar-refractivity contribution in [1.82, 2.24) is 0 Å². The second kappa shape index (κ2) is 24.6. The third kappa shape index (κ3) is 26.2. The van der Waals surface area contributed by atoms with Gasteiger partial charge in [0.1, 0.15) is 19.2 Å². The quantitative estimate of drug-likeness (QED) is 0.114. The monoisotopic (exact) mass is 533 g/mol. The van der Waals surface area contributed by atoms with E-state index < -0.39 is 5.97 Å². The summed E-state index contributed by atoms with van der Waals surface area (Å²) in [5.41, 5.74) is 1.35. The molecular formula is C34H63NO3. The van der Waals surface area contributed by atoms with Crippen molar-refractivity contribution < 1.29 is 19.5 Å². The Balaban J connectivity index is 0.00000105. The van der Waals surface area contributed by atoms with Crippen LogP contribution in [-0.2, 0) is 11.3 Å². The Kier molecular flexibility index (Phi) is 23.7. The maximum absolute atomic E-state index is 10.4. The van der Waals surface area contributed by atoms with Gasteiger partial charge in [0.05, 0.1) is 14.1 Å². The summed E-state index contributed by atoms with van der Waals surface area (Å²) in [5.74, 6) is -0.187. The molecule has 0 aliphatic heterocycles. The molecule has 1 aromatic rings. The van der Waals surface area contributed by atoms with Crippen LogP contribution < -0.4 is 5.11 Å². The lowest BCUT2D eigenvalue weighted by Gasteiger charge is -2.32. The Labute approximate surface area is 236 Å². The van der Waals surface area contributed by atoms with E-state index in [9.17, 15) is 15.0 Å². The number of carbonyl (C=O) groups is 1. The van der Waals surface area contributed by atoms with Crippen LogP contribution in [0, 0.1) is 5.92 Å². The van der Waals surface area contributed by atoms with Crippen LogP contribution in [0.25, 0.3) is 0 Å². The summed E-state index contributed by atoms with van der Waals surface area (Å²) >= 11 is 0. The van der Waals surface area contributed by atoms with Crippen LogP contribution >= 0.6 is 0 Å². The van der Waals surface area contributed by atoms with Gasteiger partial charge in [0.25, 0.3) is 0 Å². The lowest BCUT2D eigenvalue weighted by atomic mass is 10.0. The van der Waals surface area contributed by atoms with Gasteiger partial charge in [0, 0.05) is 11.5 Å². The Hall–Kier alpha value is -1.39. The molecule has 1 aromatic carbocycles. The number of benzene rings is 1. The third-order valence-electron chi connectivity index (χ3n) is 7.21. The van der Waals surface area contributed by atoms with E-state index in [0.717, 1.165) is 49.2 Å². The number of carboxylic acid groups (broad SMARTS) is 1. The summed E-state index contributed by atoms with van der Waals surface area (Å²) in [7, 11) is 4.44. The molecule has 0 aromatic heterocycles. The zero-order chi connectivity index (χ0) is 28.5. The molecule has 0 bridgehead atoms. The molecule has 1 N–H and O–H groups in total. The molecule has 0 heterocycles. The molecule has 0 amide bonds. The molecule has 1 rings (SSSR count). The van der Waals surface area contributed by atoms with Crippen LogP contribution in [0.1, 0.15) is 142 Å². The molecule has 38 heavy (non-hydrogen) atoms. The standard InChI is InChI=1S/C25H46NO.C9H18O2/c1-4-5-6-7-8-9-10-11-12-13-14-18-21-25(27)23-26(2,3)22-24-19-16-15-17-20-24;1-8(2)6-4-3-5-7-9(10)11/h15-17,19-20,25,27H,4-14,18,21-23H2,1-3H3;8H,3-7H2,1-2H3,(H,10,11)/q+1;/p-1. The molecule has 1 atom stereocenters. The van der Waals surface area contributed by atoms with Gasteiger partial charge >= 0.3 is 0 Å². The van der Waals surface area contributed by atoms with Crippen molar-refractivity contribution in [2.45, 2.75) is 149 Å². The van der Waals surface area contributed by atoms with Crippen molar-refractivity contribution in [2.24, 2.45) is 5.92 Å². The summed E-state index contributed by atoms with van der Waals surface area (Å²) in [5, 5.41) is 20.4. The van der Waals surface area contributed by atoms with E-state index in [4.69, 9.17) is 0 Å². The highest BCUT2D eigenvalue weighted by Crippen LogP contribution is 2.15. The largest absolute Gasteiger partial charge is 0.550 e. The SMILES string of the molecule is CC(C)CCCCCC(=O)[O-].CCCCCCCCCCCCCCC(O)C[N+](C)(C)Cc1ccccc1. The van der Waals surface area contributed by atoms with Gasteiger partial charge in [0.2, 0.25) is 0 Å². The number of rotatable bonds is 23. The highest BCUT2D eigenvalue weighted by molar-refractivity contribution is 5.64. The van der Waals surface area contributed by atoms with Crippen LogP contribution in [0.3, 0.4) is 0 Å². The van der Waals surface area contributed by atoms with Gasteiger partial charge in [-0.1, -0.05) is 147 Å². The average molecular weight is 534 g/mol. The fourth-order valence-electron chi connectivity index (χ4n) is 5.02. The van der Waals surface area contributed by atoms with E-state index in [1.54, 1.807) is 0 Å². The van der Waals surface area contributed by atoms with Gasteiger partial charge in [-0.25, -0.2) is 0 Å². The van der Waals surface area contributed by atoms with Gasteiger partial charge in [-0.2, -0.15) is 0 Å². The number of aliphatic hydroxyl groups is 1. The summed E-state index contributed by atoms with van der Waals surface area (Å²) in [6.45, 7) is 8.46. The van der Waals surface area contributed by atoms with E-state index in [1.165, 1.54) is 89.0 Å². The van der Waals surface area contributed by atoms with Crippen LogP contribution in [-0.4, -0.2) is 42.3 Å². The Morgan fingerprint density at radius 2 is 1.24 bits per heavy atom. The number of aliphatic carboxylic acids is 1. The topological polar surface area (TPSA) is 60.4 Å². The molecular weight excluding hydrogens is 470 g/mol. The first-order chi connectivity index (χ1) is 18.2. The van der Waals surface area contributed by atoms with Gasteiger partial charge in [-0.05, 0) is 25.2 Å². The van der Waals surface area contributed by atoms with E-state index in [0.29, 0.717) is 0 Å². The van der Waals surface area contributed by atoms with Crippen molar-refractivity contribution in [3.8, 4) is 0 Å². The maximum Gasteiger partial charge on any atom is 0.105 e. The predicted octanol–water partition coefficient (Wildman–Crippen LogP) is 8.06. The normalized spacial score (nSPS) is 12.3. The van der Waals surface area contributed by atoms with Crippen LogP contribution in [0.5, 0.6) is 0 Å². The fraction of sp³-hybridized carbons (Fsp3) is 0.794. The molecule has 1 unspecified atom stereocenters. The van der Waals surface area contributed by atoms with Gasteiger partial charge in [0.15, 0.2) is 0 Å². The number of aliphatic hydroxyl groups excluding tert-OH is 1. The third-order valence-corrected chi connectivity index (χ3v) is 7.21. The lowest BCUT2D eigenvalue weighted by molar-refractivity contribution is -0.906. The Bertz CT molecular complexity index is 644. The van der Waals surface area contributed by atoms with Gasteiger partial charge in [-0.3, -0.25) is 0 Å². The Morgan fingerprint density at radius 1 is 0.763 bits per heavy atom. The molecule has 4 heteroatoms. The minimum atomic E-state index is -0.922. The van der Waals surface area contributed by atoms with Crippen molar-refractivity contribution in [3.63, 3.8) is 0 Å². The number of hydrogen-bond acceptors (Lipinski definition) is 3. The predicted molar refractivity (Wildman–Crippen MR) is 162 cm³/mol.